The molecule has 0 nitrogen and oxygen atoms in total. The number of fused-ring (bicyclic) bond motifs is 1. The van der Waals surface area contributed by atoms with E-state index in [1.807, 2.05) is 0 Å². The number of benzene rings is 2. The van der Waals surface area contributed by atoms with Gasteiger partial charge in [-0.25, -0.2) is 0 Å². The SMILES string of the molecule is ClCCCCCC(Cl)Cc1cccc2ccccc12. The largest absolute Gasteiger partial charge is 0.127 e. The van der Waals surface area contributed by atoms with Gasteiger partial charge in [0.2, 0.25) is 0 Å². The molecule has 0 saturated heterocycles. The lowest BCUT2D eigenvalue weighted by Crippen LogP contribution is -2.04. The summed E-state index contributed by atoms with van der Waals surface area (Å²) >= 11 is 12.1. The van der Waals surface area contributed by atoms with Crippen LogP contribution < -0.4 is 0 Å². The molecule has 2 heteroatoms. The monoisotopic (exact) mass is 294 g/mol. The van der Waals surface area contributed by atoms with Crippen LogP contribution in [0.3, 0.4) is 0 Å². The first-order chi connectivity index (χ1) is 9.31. The smallest absolute Gasteiger partial charge is 0.0376 e. The number of hydrogen-bond acceptors (Lipinski definition) is 0. The van der Waals surface area contributed by atoms with Crippen molar-refractivity contribution in [3.05, 3.63) is 48.0 Å². The highest BCUT2D eigenvalue weighted by Crippen LogP contribution is 2.22. The summed E-state index contributed by atoms with van der Waals surface area (Å²) in [7, 11) is 0. The minimum absolute atomic E-state index is 0.223. The van der Waals surface area contributed by atoms with E-state index in [0.29, 0.717) is 0 Å². The van der Waals surface area contributed by atoms with Crippen LogP contribution in [0.2, 0.25) is 0 Å². The van der Waals surface area contributed by atoms with Crippen molar-refractivity contribution in [2.24, 2.45) is 0 Å². The van der Waals surface area contributed by atoms with Gasteiger partial charge in [0.25, 0.3) is 0 Å². The number of hydrogen-bond donors (Lipinski definition) is 0. The van der Waals surface area contributed by atoms with Gasteiger partial charge in [0.05, 0.1) is 0 Å². The number of rotatable bonds is 7. The van der Waals surface area contributed by atoms with Crippen molar-refractivity contribution in [3.8, 4) is 0 Å². The van der Waals surface area contributed by atoms with Gasteiger partial charge >= 0.3 is 0 Å². The van der Waals surface area contributed by atoms with Crippen molar-refractivity contribution in [1.29, 1.82) is 0 Å². The quantitative estimate of drug-likeness (QED) is 0.448. The molecule has 0 aliphatic heterocycles. The highest BCUT2D eigenvalue weighted by Gasteiger charge is 2.08. The average Bonchev–Trinajstić information content (AvgIpc) is 2.44. The molecule has 0 aromatic heterocycles. The van der Waals surface area contributed by atoms with Crippen LogP contribution in [-0.4, -0.2) is 11.3 Å². The number of halogens is 2. The van der Waals surface area contributed by atoms with E-state index in [4.69, 9.17) is 23.2 Å². The van der Waals surface area contributed by atoms with E-state index in [1.165, 1.54) is 29.2 Å². The third kappa shape index (κ3) is 4.40. The highest BCUT2D eigenvalue weighted by atomic mass is 35.5. The van der Waals surface area contributed by atoms with Crippen LogP contribution in [-0.2, 0) is 6.42 Å². The van der Waals surface area contributed by atoms with Crippen molar-refractivity contribution in [2.45, 2.75) is 37.5 Å². The van der Waals surface area contributed by atoms with E-state index >= 15 is 0 Å². The predicted octanol–water partition coefficient (Wildman–Crippen LogP) is 5.79. The minimum Gasteiger partial charge on any atom is -0.127 e. The van der Waals surface area contributed by atoms with Gasteiger partial charge in [-0.1, -0.05) is 55.3 Å². The maximum Gasteiger partial charge on any atom is 0.0376 e. The second-order valence-corrected chi connectivity index (χ2v) is 5.97. The van der Waals surface area contributed by atoms with Crippen LogP contribution in [0.5, 0.6) is 0 Å². The summed E-state index contributed by atoms with van der Waals surface area (Å²) in [5.74, 6) is 0.760. The third-order valence-electron chi connectivity index (χ3n) is 3.47. The van der Waals surface area contributed by atoms with Crippen LogP contribution in [0.25, 0.3) is 10.8 Å². The zero-order chi connectivity index (χ0) is 13.5. The van der Waals surface area contributed by atoms with E-state index < -0.39 is 0 Å². The standard InChI is InChI=1S/C17H20Cl2/c18-12-5-1-2-10-16(19)13-15-9-6-8-14-7-3-4-11-17(14)15/h3-4,6-9,11,16H,1-2,5,10,12-13H2. The number of unbranched alkanes of at least 4 members (excludes halogenated alkanes) is 2. The van der Waals surface area contributed by atoms with E-state index in [1.54, 1.807) is 0 Å². The molecular formula is C17H20Cl2. The summed E-state index contributed by atoms with van der Waals surface area (Å²) in [6.07, 6.45) is 5.47. The molecule has 19 heavy (non-hydrogen) atoms. The predicted molar refractivity (Wildman–Crippen MR) is 86.5 cm³/mol. The molecule has 2 aromatic rings. The number of alkyl halides is 2. The second-order valence-electron chi connectivity index (χ2n) is 4.98. The fourth-order valence-electron chi connectivity index (χ4n) is 2.45. The summed E-state index contributed by atoms with van der Waals surface area (Å²) in [6.45, 7) is 0. The lowest BCUT2D eigenvalue weighted by atomic mass is 9.99. The summed E-state index contributed by atoms with van der Waals surface area (Å²) in [6, 6.07) is 15.0. The molecule has 2 rings (SSSR count). The lowest BCUT2D eigenvalue weighted by Gasteiger charge is -2.11. The second kappa shape index (κ2) is 7.77. The zero-order valence-corrected chi connectivity index (χ0v) is 12.6. The van der Waals surface area contributed by atoms with Crippen LogP contribution in [0.15, 0.2) is 42.5 Å². The van der Waals surface area contributed by atoms with E-state index in [2.05, 4.69) is 42.5 Å². The van der Waals surface area contributed by atoms with Crippen molar-refractivity contribution in [3.63, 3.8) is 0 Å². The summed E-state index contributed by atoms with van der Waals surface area (Å²) in [4.78, 5) is 0. The Morgan fingerprint density at radius 3 is 2.53 bits per heavy atom. The van der Waals surface area contributed by atoms with Gasteiger partial charge in [-0.15, -0.1) is 23.2 Å². The van der Waals surface area contributed by atoms with Crippen LogP contribution in [0, 0.1) is 0 Å². The summed E-state index contributed by atoms with van der Waals surface area (Å²) < 4.78 is 0. The van der Waals surface area contributed by atoms with Gasteiger partial charge in [0, 0.05) is 11.3 Å². The van der Waals surface area contributed by atoms with E-state index in [9.17, 15) is 0 Å². The maximum absolute atomic E-state index is 6.46. The molecule has 0 fully saturated rings. The molecule has 0 spiro atoms. The van der Waals surface area contributed by atoms with E-state index in [-0.39, 0.29) is 5.38 Å². The Morgan fingerprint density at radius 1 is 0.895 bits per heavy atom. The fourth-order valence-corrected chi connectivity index (χ4v) is 2.96. The molecule has 2 aromatic carbocycles. The Morgan fingerprint density at radius 2 is 1.68 bits per heavy atom. The molecule has 0 saturated carbocycles. The highest BCUT2D eigenvalue weighted by molar-refractivity contribution is 6.20. The van der Waals surface area contributed by atoms with E-state index in [0.717, 1.165) is 25.1 Å². The fraction of sp³-hybridized carbons (Fsp3) is 0.412. The Bertz CT molecular complexity index is 502. The first-order valence-electron chi connectivity index (χ1n) is 6.98. The molecule has 0 aliphatic carbocycles. The molecule has 0 heterocycles. The van der Waals surface area contributed by atoms with Gasteiger partial charge in [0.15, 0.2) is 0 Å². The van der Waals surface area contributed by atoms with Gasteiger partial charge in [-0.2, -0.15) is 0 Å². The molecule has 0 bridgehead atoms. The molecular weight excluding hydrogens is 275 g/mol. The van der Waals surface area contributed by atoms with Gasteiger partial charge in [-0.05, 0) is 35.6 Å². The van der Waals surface area contributed by atoms with Crippen LogP contribution in [0.4, 0.5) is 0 Å². The first kappa shape index (κ1) is 14.7. The topological polar surface area (TPSA) is 0 Å². The molecule has 0 aliphatic rings. The molecule has 1 atom stereocenters. The molecule has 0 radical (unpaired) electrons. The Balaban J connectivity index is 1.97. The van der Waals surface area contributed by atoms with Gasteiger partial charge in [-0.3, -0.25) is 0 Å². The average molecular weight is 295 g/mol. The van der Waals surface area contributed by atoms with Crippen LogP contribution >= 0.6 is 23.2 Å². The van der Waals surface area contributed by atoms with Crippen molar-refractivity contribution < 1.29 is 0 Å². The lowest BCUT2D eigenvalue weighted by molar-refractivity contribution is 0.640. The molecule has 0 N–H and O–H groups in total. The Kier molecular flexibility index (Phi) is 6.00. The van der Waals surface area contributed by atoms with Crippen molar-refractivity contribution >= 4 is 34.0 Å². The summed E-state index contributed by atoms with van der Waals surface area (Å²) in [5.41, 5.74) is 1.36. The molecule has 102 valence electrons. The summed E-state index contributed by atoms with van der Waals surface area (Å²) in [5, 5.41) is 2.85. The third-order valence-corrected chi connectivity index (χ3v) is 4.11. The van der Waals surface area contributed by atoms with Crippen molar-refractivity contribution in [1.82, 2.24) is 0 Å². The van der Waals surface area contributed by atoms with Crippen molar-refractivity contribution in [2.75, 3.05) is 5.88 Å². The molecule has 0 amide bonds. The van der Waals surface area contributed by atoms with Crippen LogP contribution in [0.1, 0.15) is 31.2 Å². The first-order valence-corrected chi connectivity index (χ1v) is 7.95. The maximum atomic E-state index is 6.46. The van der Waals surface area contributed by atoms with Gasteiger partial charge < -0.3 is 0 Å². The molecule has 1 unspecified atom stereocenters. The zero-order valence-electron chi connectivity index (χ0n) is 11.1. The normalized spacial score (nSPS) is 12.7. The minimum atomic E-state index is 0.223. The Hall–Kier alpha value is -0.720. The Labute approximate surface area is 125 Å². The van der Waals surface area contributed by atoms with Gasteiger partial charge in [0.1, 0.15) is 0 Å².